The first kappa shape index (κ1) is 16.4. The molecule has 2 aliphatic rings. The molecule has 0 aromatic carbocycles. The number of rotatable bonds is 4. The van der Waals surface area contributed by atoms with Gasteiger partial charge in [0.2, 0.25) is 0 Å². The number of aromatic amines is 1. The van der Waals surface area contributed by atoms with E-state index < -0.39 is 59.4 Å². The lowest BCUT2D eigenvalue weighted by Crippen LogP contribution is -2.41. The van der Waals surface area contributed by atoms with Crippen molar-refractivity contribution in [2.45, 2.75) is 12.3 Å². The van der Waals surface area contributed by atoms with Crippen LogP contribution in [-0.4, -0.2) is 53.5 Å². The molecular formula is C14H16N2O8. The van der Waals surface area contributed by atoms with Gasteiger partial charge in [-0.05, 0) is 0 Å². The molecule has 1 aliphatic carbocycles. The molecule has 10 nitrogen and oxygen atoms in total. The number of methoxy groups -OCH3 is 2. The molecular weight excluding hydrogens is 324 g/mol. The average molecular weight is 340 g/mol. The summed E-state index contributed by atoms with van der Waals surface area (Å²) in [6, 6.07) is 1.12. The van der Waals surface area contributed by atoms with Gasteiger partial charge in [-0.2, -0.15) is 0 Å². The van der Waals surface area contributed by atoms with Gasteiger partial charge in [0.05, 0.1) is 26.9 Å². The summed E-state index contributed by atoms with van der Waals surface area (Å²) >= 11 is 0. The SMILES string of the molecule is COC(=O)C1(C(=O)OC)[C@@H]2[C@H]1[C@@H](CO)O[C@H]2n1ccc(=O)[nH]c1=O. The van der Waals surface area contributed by atoms with Crippen molar-refractivity contribution in [1.82, 2.24) is 9.55 Å². The van der Waals surface area contributed by atoms with Crippen molar-refractivity contribution in [1.29, 1.82) is 0 Å². The minimum Gasteiger partial charge on any atom is -0.468 e. The van der Waals surface area contributed by atoms with Crippen molar-refractivity contribution in [3.63, 3.8) is 0 Å². The number of nitrogens with one attached hydrogen (secondary N) is 1. The molecule has 0 radical (unpaired) electrons. The van der Waals surface area contributed by atoms with E-state index in [4.69, 9.17) is 14.2 Å². The normalized spacial score (nSPS) is 29.6. The number of carbonyl (C=O) groups is 2. The second-order valence-electron chi connectivity index (χ2n) is 5.67. The van der Waals surface area contributed by atoms with Crippen LogP contribution in [0.2, 0.25) is 0 Å². The highest BCUT2D eigenvalue weighted by atomic mass is 16.6. The number of ether oxygens (including phenoxy) is 3. The Labute approximate surface area is 134 Å². The molecule has 0 spiro atoms. The number of fused-ring (bicyclic) bond motifs is 1. The molecule has 2 N–H and O–H groups in total. The maximum absolute atomic E-state index is 12.3. The smallest absolute Gasteiger partial charge is 0.330 e. The monoisotopic (exact) mass is 340 g/mol. The maximum Gasteiger partial charge on any atom is 0.330 e. The molecule has 1 saturated carbocycles. The van der Waals surface area contributed by atoms with Crippen LogP contribution in [0.25, 0.3) is 0 Å². The number of carbonyl (C=O) groups excluding carboxylic acids is 2. The van der Waals surface area contributed by atoms with Crippen LogP contribution in [0.15, 0.2) is 21.9 Å². The zero-order valence-electron chi connectivity index (χ0n) is 12.9. The zero-order chi connectivity index (χ0) is 17.6. The molecule has 3 rings (SSSR count). The van der Waals surface area contributed by atoms with E-state index in [0.29, 0.717) is 0 Å². The topological polar surface area (TPSA) is 137 Å². The third kappa shape index (κ3) is 1.96. The van der Waals surface area contributed by atoms with Crippen LogP contribution >= 0.6 is 0 Å². The molecule has 0 unspecified atom stereocenters. The number of nitrogens with zero attached hydrogens (tertiary/aromatic N) is 1. The first-order valence-corrected chi connectivity index (χ1v) is 7.18. The van der Waals surface area contributed by atoms with E-state index in [1.54, 1.807) is 0 Å². The second-order valence-corrected chi connectivity index (χ2v) is 5.67. The zero-order valence-corrected chi connectivity index (χ0v) is 12.9. The Kier molecular flexibility index (Phi) is 3.80. The van der Waals surface area contributed by atoms with Gasteiger partial charge in [0.25, 0.3) is 5.56 Å². The predicted molar refractivity (Wildman–Crippen MR) is 75.8 cm³/mol. The van der Waals surface area contributed by atoms with Crippen molar-refractivity contribution < 1.29 is 28.9 Å². The van der Waals surface area contributed by atoms with E-state index in [2.05, 4.69) is 4.98 Å². The van der Waals surface area contributed by atoms with Crippen molar-refractivity contribution >= 4 is 11.9 Å². The van der Waals surface area contributed by atoms with Gasteiger partial charge in [-0.1, -0.05) is 0 Å². The lowest BCUT2D eigenvalue weighted by molar-refractivity contribution is -0.171. The van der Waals surface area contributed by atoms with Gasteiger partial charge in [-0.25, -0.2) is 4.79 Å². The molecule has 2 fully saturated rings. The largest absolute Gasteiger partial charge is 0.468 e. The van der Waals surface area contributed by atoms with E-state index in [1.807, 2.05) is 0 Å². The Morgan fingerprint density at radius 1 is 1.29 bits per heavy atom. The molecule has 2 heterocycles. The lowest BCUT2D eigenvalue weighted by atomic mass is 9.98. The minimum absolute atomic E-state index is 0.453. The molecule has 1 saturated heterocycles. The number of aliphatic hydroxyl groups is 1. The van der Waals surface area contributed by atoms with Crippen LogP contribution < -0.4 is 11.2 Å². The van der Waals surface area contributed by atoms with Crippen molar-refractivity contribution in [3.8, 4) is 0 Å². The molecule has 1 aromatic heterocycles. The van der Waals surface area contributed by atoms with Gasteiger partial charge in [0.15, 0.2) is 5.41 Å². The van der Waals surface area contributed by atoms with E-state index in [9.17, 15) is 24.3 Å². The van der Waals surface area contributed by atoms with Gasteiger partial charge in [0, 0.05) is 24.1 Å². The summed E-state index contributed by atoms with van der Waals surface area (Å²) in [5.74, 6) is -3.06. The molecule has 130 valence electrons. The highest BCUT2D eigenvalue weighted by molar-refractivity contribution is 6.05. The predicted octanol–water partition coefficient (Wildman–Crippen LogP) is -2.00. The van der Waals surface area contributed by atoms with Gasteiger partial charge < -0.3 is 19.3 Å². The second kappa shape index (κ2) is 5.56. The average Bonchev–Trinajstić information content (AvgIpc) is 3.12. The van der Waals surface area contributed by atoms with Crippen molar-refractivity contribution in [2.75, 3.05) is 20.8 Å². The van der Waals surface area contributed by atoms with Gasteiger partial charge >= 0.3 is 17.6 Å². The van der Waals surface area contributed by atoms with Crippen LogP contribution in [0, 0.1) is 17.3 Å². The third-order valence-electron chi connectivity index (χ3n) is 4.70. The van der Waals surface area contributed by atoms with Crippen molar-refractivity contribution in [2.24, 2.45) is 17.3 Å². The molecule has 4 atom stereocenters. The fourth-order valence-electron chi connectivity index (χ4n) is 3.71. The highest BCUT2D eigenvalue weighted by Gasteiger charge is 2.84. The molecule has 10 heteroatoms. The van der Waals surface area contributed by atoms with E-state index >= 15 is 0 Å². The Bertz CT molecular complexity index is 780. The quantitative estimate of drug-likeness (QED) is 0.474. The Balaban J connectivity index is 2.08. The van der Waals surface area contributed by atoms with Crippen LogP contribution in [0.1, 0.15) is 6.23 Å². The fourth-order valence-corrected chi connectivity index (χ4v) is 3.71. The standard InChI is InChI=1S/C14H16N2O8/c1-22-11(19)14(12(20)23-2)8-6(5-17)24-10(9(8)14)16-4-3-7(18)15-13(16)21/h3-4,6,8-10,17H,5H2,1-2H3,(H,15,18,21)/t6-,8-,9-,10-/m1/s1. The van der Waals surface area contributed by atoms with E-state index in [-0.39, 0.29) is 0 Å². The highest BCUT2D eigenvalue weighted by Crippen LogP contribution is 2.70. The Hall–Kier alpha value is -2.46. The van der Waals surface area contributed by atoms with Crippen LogP contribution in [0.5, 0.6) is 0 Å². The maximum atomic E-state index is 12.3. The molecule has 1 aromatic rings. The number of H-pyrrole nitrogens is 1. The van der Waals surface area contributed by atoms with Crippen molar-refractivity contribution in [3.05, 3.63) is 33.1 Å². The number of esters is 2. The number of aromatic nitrogens is 2. The molecule has 1 aliphatic heterocycles. The lowest BCUT2D eigenvalue weighted by Gasteiger charge is -2.25. The van der Waals surface area contributed by atoms with Crippen LogP contribution in [0.4, 0.5) is 0 Å². The number of hydrogen-bond acceptors (Lipinski definition) is 8. The Morgan fingerprint density at radius 2 is 1.92 bits per heavy atom. The summed E-state index contributed by atoms with van der Waals surface area (Å²) in [6.45, 7) is -0.453. The molecule has 0 amide bonds. The van der Waals surface area contributed by atoms with Gasteiger partial charge in [-0.15, -0.1) is 0 Å². The summed E-state index contributed by atoms with van der Waals surface area (Å²) in [7, 11) is 2.27. The van der Waals surface area contributed by atoms with Gasteiger partial charge in [0.1, 0.15) is 6.23 Å². The van der Waals surface area contributed by atoms with E-state index in [1.165, 1.54) is 6.20 Å². The van der Waals surface area contributed by atoms with Gasteiger partial charge in [-0.3, -0.25) is 23.9 Å². The molecule has 0 bridgehead atoms. The number of hydrogen-bond donors (Lipinski definition) is 2. The van der Waals surface area contributed by atoms with E-state index in [0.717, 1.165) is 24.9 Å². The minimum atomic E-state index is -1.64. The Morgan fingerprint density at radius 3 is 2.42 bits per heavy atom. The first-order chi connectivity index (χ1) is 11.4. The summed E-state index contributed by atoms with van der Waals surface area (Å²) < 4.78 is 16.2. The third-order valence-corrected chi connectivity index (χ3v) is 4.70. The summed E-state index contributed by atoms with van der Waals surface area (Å²) in [5, 5.41) is 9.51. The summed E-state index contributed by atoms with van der Waals surface area (Å²) in [6.07, 6.45) is -0.660. The number of aliphatic hydroxyl groups excluding tert-OH is 1. The molecule has 24 heavy (non-hydrogen) atoms. The summed E-state index contributed by atoms with van der Waals surface area (Å²) in [4.78, 5) is 49.9. The van der Waals surface area contributed by atoms with Crippen LogP contribution in [0.3, 0.4) is 0 Å². The summed E-state index contributed by atoms with van der Waals surface area (Å²) in [5.41, 5.74) is -2.98. The van der Waals surface area contributed by atoms with Crippen LogP contribution in [-0.2, 0) is 23.8 Å². The first-order valence-electron chi connectivity index (χ1n) is 7.18. The fraction of sp³-hybridized carbons (Fsp3) is 0.571.